The number of nitrogens with one attached hydrogen (secondary N) is 1. The Kier molecular flexibility index (Phi) is 5.91. The molecule has 0 fully saturated rings. The van der Waals surface area contributed by atoms with E-state index in [0.717, 1.165) is 6.42 Å². The van der Waals surface area contributed by atoms with Gasteiger partial charge < -0.3 is 4.74 Å². The fourth-order valence-electron chi connectivity index (χ4n) is 2.03. The maximum absolute atomic E-state index is 12.1. The Balaban J connectivity index is 1.92. The van der Waals surface area contributed by atoms with Crippen LogP contribution >= 0.6 is 11.6 Å². The first-order valence-corrected chi connectivity index (χ1v) is 9.41. The van der Waals surface area contributed by atoms with Crippen LogP contribution in [0, 0.1) is 6.92 Å². The molecule has 0 unspecified atom stereocenters. The molecular formula is C17H20ClNO3S. The van der Waals surface area contributed by atoms with Gasteiger partial charge in [-0.05, 0) is 48.7 Å². The molecule has 0 aromatic heterocycles. The number of anilines is 1. The van der Waals surface area contributed by atoms with Gasteiger partial charge in [-0.3, -0.25) is 4.72 Å². The number of sulfonamides is 1. The van der Waals surface area contributed by atoms with Crippen LogP contribution in [0.2, 0.25) is 5.02 Å². The first-order valence-electron chi connectivity index (χ1n) is 7.38. The Labute approximate surface area is 142 Å². The summed E-state index contributed by atoms with van der Waals surface area (Å²) >= 11 is 5.99. The summed E-state index contributed by atoms with van der Waals surface area (Å²) in [4.78, 5) is 0. The van der Waals surface area contributed by atoms with Gasteiger partial charge in [0, 0.05) is 5.02 Å². The van der Waals surface area contributed by atoms with Crippen LogP contribution in [0.5, 0.6) is 5.75 Å². The van der Waals surface area contributed by atoms with Gasteiger partial charge in [-0.1, -0.05) is 36.7 Å². The molecular weight excluding hydrogens is 334 g/mol. The molecule has 2 aromatic rings. The highest BCUT2D eigenvalue weighted by Gasteiger charge is 2.13. The van der Waals surface area contributed by atoms with E-state index in [1.807, 2.05) is 24.3 Å². The van der Waals surface area contributed by atoms with Crippen molar-refractivity contribution in [2.24, 2.45) is 0 Å². The lowest BCUT2D eigenvalue weighted by Gasteiger charge is -2.12. The first kappa shape index (κ1) is 17.6. The van der Waals surface area contributed by atoms with Crippen molar-refractivity contribution in [1.29, 1.82) is 0 Å². The van der Waals surface area contributed by atoms with Gasteiger partial charge in [-0.2, -0.15) is 0 Å². The van der Waals surface area contributed by atoms with E-state index in [0.29, 0.717) is 22.0 Å². The first-order chi connectivity index (χ1) is 10.9. The van der Waals surface area contributed by atoms with Crippen molar-refractivity contribution in [1.82, 2.24) is 0 Å². The zero-order chi connectivity index (χ0) is 16.9. The van der Waals surface area contributed by atoms with E-state index in [4.69, 9.17) is 16.3 Å². The molecule has 0 saturated heterocycles. The third-order valence-corrected chi connectivity index (χ3v) is 5.13. The summed E-state index contributed by atoms with van der Waals surface area (Å²) in [6.07, 6.45) is 0.956. The third kappa shape index (κ3) is 5.15. The third-order valence-electron chi connectivity index (χ3n) is 3.49. The molecule has 0 atom stereocenters. The fraction of sp³-hybridized carbons (Fsp3) is 0.294. The fourth-order valence-corrected chi connectivity index (χ4v) is 3.16. The van der Waals surface area contributed by atoms with Gasteiger partial charge in [0.15, 0.2) is 0 Å². The van der Waals surface area contributed by atoms with Crippen molar-refractivity contribution in [3.05, 3.63) is 58.6 Å². The maximum Gasteiger partial charge on any atom is 0.236 e. The Morgan fingerprint density at radius 3 is 2.48 bits per heavy atom. The second kappa shape index (κ2) is 7.70. The number of ether oxygens (including phenoxy) is 1. The second-order valence-corrected chi connectivity index (χ2v) is 7.43. The zero-order valence-corrected chi connectivity index (χ0v) is 14.7. The van der Waals surface area contributed by atoms with Gasteiger partial charge in [0.25, 0.3) is 0 Å². The van der Waals surface area contributed by atoms with Crippen LogP contribution in [-0.2, 0) is 16.4 Å². The molecule has 6 heteroatoms. The van der Waals surface area contributed by atoms with Crippen molar-refractivity contribution in [2.75, 3.05) is 17.1 Å². The largest absolute Gasteiger partial charge is 0.492 e. The van der Waals surface area contributed by atoms with Crippen LogP contribution in [-0.4, -0.2) is 20.8 Å². The van der Waals surface area contributed by atoms with E-state index in [9.17, 15) is 8.42 Å². The molecule has 0 amide bonds. The van der Waals surface area contributed by atoms with Crippen LogP contribution in [0.3, 0.4) is 0 Å². The van der Waals surface area contributed by atoms with Crippen molar-refractivity contribution in [2.45, 2.75) is 20.3 Å². The minimum absolute atomic E-state index is 0.0837. The molecule has 0 aliphatic heterocycles. The van der Waals surface area contributed by atoms with E-state index in [1.54, 1.807) is 25.1 Å². The maximum atomic E-state index is 12.1. The highest BCUT2D eigenvalue weighted by molar-refractivity contribution is 7.92. The monoisotopic (exact) mass is 353 g/mol. The Hall–Kier alpha value is -1.72. The summed E-state index contributed by atoms with van der Waals surface area (Å²) in [6, 6.07) is 12.7. The van der Waals surface area contributed by atoms with E-state index in [1.165, 1.54) is 5.56 Å². The van der Waals surface area contributed by atoms with Crippen LogP contribution in [0.1, 0.15) is 18.1 Å². The van der Waals surface area contributed by atoms with E-state index in [2.05, 4.69) is 11.6 Å². The minimum Gasteiger partial charge on any atom is -0.492 e. The molecule has 2 rings (SSSR count). The Morgan fingerprint density at radius 1 is 1.13 bits per heavy atom. The zero-order valence-electron chi connectivity index (χ0n) is 13.2. The number of halogens is 1. The van der Waals surface area contributed by atoms with Crippen LogP contribution in [0.25, 0.3) is 0 Å². The Morgan fingerprint density at radius 2 is 1.83 bits per heavy atom. The predicted octanol–water partition coefficient (Wildman–Crippen LogP) is 4.03. The van der Waals surface area contributed by atoms with Crippen molar-refractivity contribution >= 4 is 27.3 Å². The summed E-state index contributed by atoms with van der Waals surface area (Å²) < 4.78 is 32.3. The highest BCUT2D eigenvalue weighted by atomic mass is 35.5. The van der Waals surface area contributed by atoms with E-state index in [-0.39, 0.29) is 12.4 Å². The second-order valence-electron chi connectivity index (χ2n) is 5.18. The van der Waals surface area contributed by atoms with Crippen LogP contribution in [0.4, 0.5) is 5.69 Å². The topological polar surface area (TPSA) is 55.4 Å². The van der Waals surface area contributed by atoms with Gasteiger partial charge >= 0.3 is 0 Å². The predicted molar refractivity (Wildman–Crippen MR) is 94.9 cm³/mol. The quantitative estimate of drug-likeness (QED) is 0.817. The number of aryl methyl sites for hydroxylation is 1. The van der Waals surface area contributed by atoms with Gasteiger partial charge in [-0.15, -0.1) is 0 Å². The van der Waals surface area contributed by atoms with Gasteiger partial charge in [0.05, 0.1) is 5.69 Å². The van der Waals surface area contributed by atoms with Crippen molar-refractivity contribution < 1.29 is 13.2 Å². The molecule has 0 heterocycles. The molecule has 0 aliphatic carbocycles. The summed E-state index contributed by atoms with van der Waals surface area (Å²) in [5.41, 5.74) is 2.40. The summed E-state index contributed by atoms with van der Waals surface area (Å²) in [5.74, 6) is 0.533. The Bertz CT molecular complexity index is 758. The van der Waals surface area contributed by atoms with Crippen LogP contribution in [0.15, 0.2) is 42.5 Å². The van der Waals surface area contributed by atoms with Crippen molar-refractivity contribution in [3.8, 4) is 5.75 Å². The summed E-state index contributed by atoms with van der Waals surface area (Å²) in [5, 5.41) is 0.525. The number of rotatable bonds is 7. The number of benzene rings is 2. The van der Waals surface area contributed by atoms with Gasteiger partial charge in [0.2, 0.25) is 10.0 Å². The molecule has 124 valence electrons. The molecule has 1 N–H and O–H groups in total. The molecule has 0 saturated carbocycles. The smallest absolute Gasteiger partial charge is 0.236 e. The molecule has 0 radical (unpaired) electrons. The molecule has 0 spiro atoms. The molecule has 23 heavy (non-hydrogen) atoms. The highest BCUT2D eigenvalue weighted by Crippen LogP contribution is 2.23. The van der Waals surface area contributed by atoms with Gasteiger partial charge in [-0.25, -0.2) is 8.42 Å². The molecule has 0 aliphatic rings. The number of hydrogen-bond donors (Lipinski definition) is 1. The normalized spacial score (nSPS) is 11.3. The number of hydrogen-bond acceptors (Lipinski definition) is 3. The molecule has 2 aromatic carbocycles. The SMILES string of the molecule is CCc1ccc(OCCS(=O)(=O)Nc2cccc(Cl)c2C)cc1. The van der Waals surface area contributed by atoms with Crippen LogP contribution < -0.4 is 9.46 Å². The van der Waals surface area contributed by atoms with E-state index < -0.39 is 10.0 Å². The standard InChI is InChI=1S/C17H20ClNO3S/c1-3-14-7-9-15(10-8-14)22-11-12-23(20,21)19-17-6-4-5-16(18)13(17)2/h4-10,19H,3,11-12H2,1-2H3. The lowest BCUT2D eigenvalue weighted by molar-refractivity contribution is 0.341. The molecule has 0 bridgehead atoms. The lowest BCUT2D eigenvalue weighted by atomic mass is 10.2. The average Bonchev–Trinajstić information content (AvgIpc) is 2.52. The summed E-state index contributed by atoms with van der Waals surface area (Å²) in [7, 11) is -3.49. The minimum atomic E-state index is -3.49. The molecule has 4 nitrogen and oxygen atoms in total. The van der Waals surface area contributed by atoms with E-state index >= 15 is 0 Å². The van der Waals surface area contributed by atoms with Gasteiger partial charge in [0.1, 0.15) is 18.1 Å². The lowest BCUT2D eigenvalue weighted by Crippen LogP contribution is -2.21. The summed E-state index contributed by atoms with van der Waals surface area (Å²) in [6.45, 7) is 3.93. The average molecular weight is 354 g/mol. The van der Waals surface area contributed by atoms with Crippen molar-refractivity contribution in [3.63, 3.8) is 0 Å².